The third-order valence-electron chi connectivity index (χ3n) is 8.07. The van der Waals surface area contributed by atoms with E-state index in [1.165, 1.54) is 4.90 Å². The fourth-order valence-corrected chi connectivity index (χ4v) is 5.92. The molecule has 6 rings (SSSR count). The molecular weight excluding hydrogens is 508 g/mol. The van der Waals surface area contributed by atoms with Crippen molar-refractivity contribution in [1.82, 2.24) is 24.6 Å². The van der Waals surface area contributed by atoms with Crippen LogP contribution in [0.3, 0.4) is 0 Å². The smallest absolute Gasteiger partial charge is 0.378 e. The lowest BCUT2D eigenvalue weighted by atomic mass is 9.85. The number of hydrogen-bond donors (Lipinski definition) is 1. The average molecular weight is 543 g/mol. The van der Waals surface area contributed by atoms with Crippen LogP contribution in [0.2, 0.25) is 0 Å². The van der Waals surface area contributed by atoms with Crippen molar-refractivity contribution in [3.05, 3.63) is 65.7 Å². The molecule has 2 aliphatic heterocycles. The maximum Gasteiger partial charge on any atom is 0.401 e. The van der Waals surface area contributed by atoms with Crippen LogP contribution < -0.4 is 5.32 Å². The molecule has 39 heavy (non-hydrogen) atoms. The predicted molar refractivity (Wildman–Crippen MR) is 142 cm³/mol. The third kappa shape index (κ3) is 5.82. The molecule has 1 N–H and O–H groups in total. The van der Waals surface area contributed by atoms with Gasteiger partial charge in [-0.1, -0.05) is 18.2 Å². The molecule has 0 amide bonds. The lowest BCUT2D eigenvalue weighted by molar-refractivity contribution is -0.155. The van der Waals surface area contributed by atoms with E-state index < -0.39 is 18.8 Å². The van der Waals surface area contributed by atoms with Crippen LogP contribution in [0.25, 0.3) is 11.1 Å². The van der Waals surface area contributed by atoms with Crippen LogP contribution in [0, 0.1) is 0 Å². The molecule has 1 saturated heterocycles. The Kier molecular flexibility index (Phi) is 7.09. The molecule has 0 spiro atoms. The van der Waals surface area contributed by atoms with Crippen molar-refractivity contribution in [2.75, 3.05) is 38.2 Å². The van der Waals surface area contributed by atoms with Gasteiger partial charge in [-0.25, -0.2) is 0 Å². The Labute approximate surface area is 226 Å². The molecule has 3 aromatic rings. The number of halogens is 4. The Morgan fingerprint density at radius 1 is 1.05 bits per heavy atom. The monoisotopic (exact) mass is 542 g/mol. The fraction of sp³-hybridized carbons (Fsp3) is 0.517. The summed E-state index contributed by atoms with van der Waals surface area (Å²) >= 11 is 0. The fourth-order valence-electron chi connectivity index (χ4n) is 5.92. The van der Waals surface area contributed by atoms with Gasteiger partial charge in [0.25, 0.3) is 0 Å². The van der Waals surface area contributed by atoms with Gasteiger partial charge in [0.15, 0.2) is 0 Å². The van der Waals surface area contributed by atoms with E-state index in [4.69, 9.17) is 0 Å². The highest BCUT2D eigenvalue weighted by Crippen LogP contribution is 2.41. The number of alkyl halides is 4. The summed E-state index contributed by atoms with van der Waals surface area (Å²) in [7, 11) is 0. The van der Waals surface area contributed by atoms with E-state index in [1.54, 1.807) is 6.20 Å². The molecule has 0 radical (unpaired) electrons. The first-order valence-corrected chi connectivity index (χ1v) is 13.8. The van der Waals surface area contributed by atoms with Crippen LogP contribution >= 0.6 is 0 Å². The maximum absolute atomic E-state index is 13.7. The number of hydrogen-bond acceptors (Lipinski definition) is 5. The van der Waals surface area contributed by atoms with Crippen LogP contribution in [0.15, 0.2) is 48.9 Å². The van der Waals surface area contributed by atoms with Gasteiger partial charge in [-0.3, -0.25) is 23.9 Å². The molecule has 1 saturated carbocycles. The predicted octanol–water partition coefficient (Wildman–Crippen LogP) is 5.63. The van der Waals surface area contributed by atoms with Gasteiger partial charge < -0.3 is 5.32 Å². The first kappa shape index (κ1) is 26.3. The molecule has 1 aromatic carbocycles. The van der Waals surface area contributed by atoms with Gasteiger partial charge in [-0.05, 0) is 61.4 Å². The number of anilines is 1. The Hall–Kier alpha value is -2.98. The lowest BCUT2D eigenvalue weighted by Crippen LogP contribution is -2.54. The molecule has 208 valence electrons. The van der Waals surface area contributed by atoms with Crippen molar-refractivity contribution < 1.29 is 17.6 Å². The summed E-state index contributed by atoms with van der Waals surface area (Å²) in [5, 5.41) is 7.94. The number of aromatic nitrogens is 3. The van der Waals surface area contributed by atoms with E-state index >= 15 is 0 Å². The zero-order valence-corrected chi connectivity index (χ0v) is 22.0. The summed E-state index contributed by atoms with van der Waals surface area (Å²) in [4.78, 5) is 8.38. The van der Waals surface area contributed by atoms with Crippen molar-refractivity contribution in [2.45, 2.75) is 63.0 Å². The maximum atomic E-state index is 13.7. The third-order valence-corrected chi connectivity index (χ3v) is 8.07. The van der Waals surface area contributed by atoms with Crippen LogP contribution in [-0.4, -0.2) is 75.7 Å². The second kappa shape index (κ2) is 10.5. The molecule has 2 atom stereocenters. The highest BCUT2D eigenvalue weighted by Gasteiger charge is 2.41. The molecule has 1 aliphatic carbocycles. The highest BCUT2D eigenvalue weighted by molar-refractivity contribution is 5.64. The first-order valence-electron chi connectivity index (χ1n) is 13.8. The van der Waals surface area contributed by atoms with Gasteiger partial charge in [0.1, 0.15) is 0 Å². The van der Waals surface area contributed by atoms with Gasteiger partial charge in [-0.2, -0.15) is 18.3 Å². The van der Waals surface area contributed by atoms with Gasteiger partial charge >= 0.3 is 6.18 Å². The normalized spacial score (nSPS) is 22.5. The Morgan fingerprint density at radius 2 is 1.87 bits per heavy atom. The summed E-state index contributed by atoms with van der Waals surface area (Å²) < 4.78 is 55.5. The van der Waals surface area contributed by atoms with Crippen LogP contribution in [0.1, 0.15) is 55.1 Å². The number of nitrogens with one attached hydrogen (secondary N) is 1. The minimum Gasteiger partial charge on any atom is -0.378 e. The van der Waals surface area contributed by atoms with Crippen LogP contribution in [0.5, 0.6) is 0 Å². The van der Waals surface area contributed by atoms with Crippen molar-refractivity contribution in [2.24, 2.45) is 0 Å². The van der Waals surface area contributed by atoms with Gasteiger partial charge in [0, 0.05) is 37.4 Å². The molecule has 10 heteroatoms. The average Bonchev–Trinajstić information content (AvgIpc) is 3.61. The molecule has 2 fully saturated rings. The molecule has 2 aromatic heterocycles. The quantitative estimate of drug-likeness (QED) is 0.355. The van der Waals surface area contributed by atoms with Crippen molar-refractivity contribution >= 4 is 5.69 Å². The topological polar surface area (TPSA) is 49.2 Å². The second-order valence-electron chi connectivity index (χ2n) is 11.2. The Bertz CT molecular complexity index is 1280. The van der Waals surface area contributed by atoms with Crippen LogP contribution in [-0.2, 0) is 6.42 Å². The number of likely N-dealkylation sites (tertiary alicyclic amines) is 1. The second-order valence-corrected chi connectivity index (χ2v) is 11.2. The van der Waals surface area contributed by atoms with E-state index in [-0.39, 0.29) is 18.8 Å². The number of rotatable bonds is 9. The van der Waals surface area contributed by atoms with Crippen molar-refractivity contribution in [3.63, 3.8) is 0 Å². The molecule has 4 heterocycles. The molecule has 0 unspecified atom stereocenters. The van der Waals surface area contributed by atoms with E-state index in [1.807, 2.05) is 42.1 Å². The minimum atomic E-state index is -4.32. The Balaban J connectivity index is 1.25. The zero-order valence-electron chi connectivity index (χ0n) is 22.0. The largest absolute Gasteiger partial charge is 0.401 e. The molecule has 0 bridgehead atoms. The number of nitrogens with zero attached hydrogens (tertiary/aromatic N) is 5. The summed E-state index contributed by atoms with van der Waals surface area (Å²) in [6.07, 6.45) is 4.72. The number of pyridine rings is 1. The summed E-state index contributed by atoms with van der Waals surface area (Å²) in [5.74, 6) is 0. The summed E-state index contributed by atoms with van der Waals surface area (Å²) in [6.45, 7) is 3.01. The van der Waals surface area contributed by atoms with E-state index in [9.17, 15) is 17.6 Å². The summed E-state index contributed by atoms with van der Waals surface area (Å²) in [5.41, 5.74) is 5.41. The van der Waals surface area contributed by atoms with E-state index in [0.717, 1.165) is 60.4 Å². The minimum absolute atomic E-state index is 0.261. The molecule has 6 nitrogen and oxygen atoms in total. The van der Waals surface area contributed by atoms with E-state index in [2.05, 4.69) is 32.6 Å². The lowest BCUT2D eigenvalue weighted by Gasteiger charge is -2.42. The van der Waals surface area contributed by atoms with Crippen molar-refractivity contribution in [3.8, 4) is 11.1 Å². The van der Waals surface area contributed by atoms with Gasteiger partial charge in [0.2, 0.25) is 0 Å². The zero-order chi connectivity index (χ0) is 27.1. The van der Waals surface area contributed by atoms with Crippen LogP contribution in [0.4, 0.5) is 23.2 Å². The standard InChI is InChI=1S/C29H34F4N6/c1-19-11-21-12-20(22-13-35-39(15-22)25-5-6-25)3-7-26(21)28(38(19)18-29(31,32)33)27-8-4-23(14-34-27)36-24-16-37(17-24)10-2-9-30/h3-4,7-8,12-15,19,24-25,28,36H,2,5-6,9-11,16-18H2,1H3/t19-,28+/m0/s1. The van der Waals surface area contributed by atoms with Gasteiger partial charge in [-0.15, -0.1) is 0 Å². The number of benzene rings is 1. The summed E-state index contributed by atoms with van der Waals surface area (Å²) in [6, 6.07) is 9.65. The Morgan fingerprint density at radius 3 is 2.56 bits per heavy atom. The SMILES string of the molecule is C[C@H]1Cc2cc(-c3cnn(C4CC4)c3)ccc2[C@H](c2ccc(NC3CN(CCCF)C3)cn2)N1CC(F)(F)F. The van der Waals surface area contributed by atoms with Gasteiger partial charge in [0.05, 0.1) is 55.1 Å². The first-order chi connectivity index (χ1) is 18.8. The van der Waals surface area contributed by atoms with Crippen molar-refractivity contribution in [1.29, 1.82) is 0 Å². The van der Waals surface area contributed by atoms with E-state index in [0.29, 0.717) is 24.6 Å². The molecular formula is C29H34F4N6. The molecule has 3 aliphatic rings. The highest BCUT2D eigenvalue weighted by atomic mass is 19.4. The number of fused-ring (bicyclic) bond motifs is 1.